The molecule has 2 rings (SSSR count). The number of benzene rings is 1. The Labute approximate surface area is 105 Å². The van der Waals surface area contributed by atoms with Crippen LogP contribution in [-0.2, 0) is 10.0 Å². The Kier molecular flexibility index (Phi) is 3.56. The van der Waals surface area contributed by atoms with E-state index in [1.54, 1.807) is 0 Å². The zero-order chi connectivity index (χ0) is 13.3. The van der Waals surface area contributed by atoms with Gasteiger partial charge in [0.1, 0.15) is 10.7 Å². The molecule has 1 aliphatic rings. The Morgan fingerprint density at radius 3 is 2.89 bits per heavy atom. The largest absolute Gasteiger partial charge is 0.398 e. The maximum absolute atomic E-state index is 13.2. The van der Waals surface area contributed by atoms with Gasteiger partial charge in [-0.3, -0.25) is 0 Å². The van der Waals surface area contributed by atoms with E-state index in [2.05, 4.69) is 0 Å². The fraction of sp³-hybridized carbons (Fsp3) is 0.455. The third-order valence-electron chi connectivity index (χ3n) is 3.10. The summed E-state index contributed by atoms with van der Waals surface area (Å²) < 4.78 is 39.0. The highest BCUT2D eigenvalue weighted by Crippen LogP contribution is 2.29. The molecule has 0 spiro atoms. The van der Waals surface area contributed by atoms with Crippen molar-refractivity contribution in [3.8, 4) is 0 Å². The summed E-state index contributed by atoms with van der Waals surface area (Å²) in [5.41, 5.74) is 5.61. The van der Waals surface area contributed by atoms with Crippen molar-refractivity contribution in [1.82, 2.24) is 4.31 Å². The minimum Gasteiger partial charge on any atom is -0.398 e. The molecule has 18 heavy (non-hydrogen) atoms. The maximum Gasteiger partial charge on any atom is 0.245 e. The summed E-state index contributed by atoms with van der Waals surface area (Å²) in [5.74, 6) is -0.650. The fourth-order valence-electron chi connectivity index (χ4n) is 2.17. The lowest BCUT2D eigenvalue weighted by Gasteiger charge is -2.23. The Hall–Kier alpha value is -1.18. The van der Waals surface area contributed by atoms with Crippen molar-refractivity contribution in [2.45, 2.75) is 23.8 Å². The Morgan fingerprint density at radius 2 is 2.22 bits per heavy atom. The number of halogens is 1. The summed E-state index contributed by atoms with van der Waals surface area (Å²) in [6.45, 7) is 0.0813. The van der Waals surface area contributed by atoms with Crippen molar-refractivity contribution in [1.29, 1.82) is 0 Å². The molecule has 100 valence electrons. The standard InChI is InChI=1S/C11H15FN2O3S/c12-8-3-4-10(13)11(6-8)18(16,17)14-5-1-2-9(14)7-15/h3-4,6,9,15H,1-2,5,7,13H2. The number of sulfonamides is 1. The van der Waals surface area contributed by atoms with Crippen molar-refractivity contribution >= 4 is 15.7 Å². The van der Waals surface area contributed by atoms with Gasteiger partial charge in [-0.05, 0) is 31.0 Å². The molecule has 0 aliphatic carbocycles. The van der Waals surface area contributed by atoms with E-state index in [1.807, 2.05) is 0 Å². The molecular weight excluding hydrogens is 259 g/mol. The lowest BCUT2D eigenvalue weighted by Crippen LogP contribution is -2.37. The van der Waals surface area contributed by atoms with Crippen LogP contribution in [0.2, 0.25) is 0 Å². The number of nitrogens with zero attached hydrogens (tertiary/aromatic N) is 1. The molecule has 1 aliphatic heterocycles. The highest BCUT2D eigenvalue weighted by molar-refractivity contribution is 7.89. The second-order valence-electron chi connectivity index (χ2n) is 4.28. The summed E-state index contributed by atoms with van der Waals surface area (Å²) in [7, 11) is -3.84. The number of rotatable bonds is 3. The van der Waals surface area contributed by atoms with Gasteiger partial charge in [0.15, 0.2) is 0 Å². The van der Waals surface area contributed by atoms with E-state index in [0.29, 0.717) is 19.4 Å². The van der Waals surface area contributed by atoms with E-state index >= 15 is 0 Å². The smallest absolute Gasteiger partial charge is 0.245 e. The third-order valence-corrected chi connectivity index (χ3v) is 5.10. The molecule has 1 unspecified atom stereocenters. The van der Waals surface area contributed by atoms with E-state index in [-0.39, 0.29) is 17.2 Å². The first-order valence-corrected chi connectivity index (χ1v) is 7.08. The van der Waals surface area contributed by atoms with Gasteiger partial charge in [0, 0.05) is 12.6 Å². The van der Waals surface area contributed by atoms with Crippen LogP contribution in [0.5, 0.6) is 0 Å². The van der Waals surface area contributed by atoms with Gasteiger partial charge < -0.3 is 10.8 Å². The van der Waals surface area contributed by atoms with Crippen molar-refractivity contribution in [2.24, 2.45) is 0 Å². The Bertz CT molecular complexity index is 547. The third kappa shape index (κ3) is 2.21. The van der Waals surface area contributed by atoms with E-state index in [1.165, 1.54) is 10.4 Å². The second kappa shape index (κ2) is 4.83. The molecule has 0 aromatic heterocycles. The molecular formula is C11H15FN2O3S. The van der Waals surface area contributed by atoms with E-state index < -0.39 is 21.9 Å². The lowest BCUT2D eigenvalue weighted by atomic mass is 10.2. The first-order valence-electron chi connectivity index (χ1n) is 5.64. The van der Waals surface area contributed by atoms with E-state index in [9.17, 15) is 12.8 Å². The molecule has 1 atom stereocenters. The zero-order valence-electron chi connectivity index (χ0n) is 9.71. The van der Waals surface area contributed by atoms with Crippen molar-refractivity contribution in [3.63, 3.8) is 0 Å². The van der Waals surface area contributed by atoms with Crippen LogP contribution >= 0.6 is 0 Å². The van der Waals surface area contributed by atoms with Crippen LogP contribution in [0.1, 0.15) is 12.8 Å². The van der Waals surface area contributed by atoms with E-state index in [0.717, 1.165) is 12.1 Å². The fourth-order valence-corrected chi connectivity index (χ4v) is 3.98. The highest BCUT2D eigenvalue weighted by Gasteiger charge is 2.35. The van der Waals surface area contributed by atoms with Gasteiger partial charge >= 0.3 is 0 Å². The van der Waals surface area contributed by atoms with Crippen LogP contribution in [0, 0.1) is 5.82 Å². The van der Waals surface area contributed by atoms with Crippen LogP contribution < -0.4 is 5.73 Å². The summed E-state index contributed by atoms with van der Waals surface area (Å²) in [6.07, 6.45) is 1.28. The molecule has 0 bridgehead atoms. The molecule has 3 N–H and O–H groups in total. The number of aliphatic hydroxyl groups is 1. The molecule has 5 nitrogen and oxygen atoms in total. The van der Waals surface area contributed by atoms with Gasteiger partial charge in [-0.2, -0.15) is 4.31 Å². The SMILES string of the molecule is Nc1ccc(F)cc1S(=O)(=O)N1CCCC1CO. The molecule has 1 saturated heterocycles. The van der Waals surface area contributed by atoms with Gasteiger partial charge in [0.2, 0.25) is 10.0 Å². The summed E-state index contributed by atoms with van der Waals surface area (Å²) in [5, 5.41) is 9.16. The molecule has 7 heteroatoms. The average Bonchev–Trinajstić information content (AvgIpc) is 2.81. The van der Waals surface area contributed by atoms with Gasteiger partial charge in [0.25, 0.3) is 0 Å². The molecule has 1 aromatic rings. The minimum atomic E-state index is -3.84. The predicted octanol–water partition coefficient (Wildman–Crippen LogP) is 0.553. The topological polar surface area (TPSA) is 83.6 Å². The van der Waals surface area contributed by atoms with Gasteiger partial charge in [-0.1, -0.05) is 0 Å². The number of aliphatic hydroxyl groups excluding tert-OH is 1. The maximum atomic E-state index is 13.2. The number of anilines is 1. The second-order valence-corrected chi connectivity index (χ2v) is 6.14. The monoisotopic (exact) mass is 274 g/mol. The van der Waals surface area contributed by atoms with Gasteiger partial charge in [-0.25, -0.2) is 12.8 Å². The predicted molar refractivity (Wildman–Crippen MR) is 64.8 cm³/mol. The quantitative estimate of drug-likeness (QED) is 0.789. The summed E-state index contributed by atoms with van der Waals surface area (Å²) in [4.78, 5) is -0.233. The Morgan fingerprint density at radius 1 is 1.50 bits per heavy atom. The summed E-state index contributed by atoms with van der Waals surface area (Å²) >= 11 is 0. The van der Waals surface area contributed by atoms with Crippen LogP contribution in [-0.4, -0.2) is 37.0 Å². The zero-order valence-corrected chi connectivity index (χ0v) is 10.5. The van der Waals surface area contributed by atoms with Crippen LogP contribution in [0.3, 0.4) is 0 Å². The first kappa shape index (κ1) is 13.3. The molecule has 0 radical (unpaired) electrons. The van der Waals surface area contributed by atoms with Crippen LogP contribution in [0.25, 0.3) is 0 Å². The van der Waals surface area contributed by atoms with Gasteiger partial charge in [0.05, 0.1) is 12.3 Å². The summed E-state index contributed by atoms with van der Waals surface area (Å²) in [6, 6.07) is 2.81. The normalized spacial score (nSPS) is 21.3. The Balaban J connectivity index is 2.45. The van der Waals surface area contributed by atoms with Crippen molar-refractivity contribution < 1.29 is 17.9 Å². The average molecular weight is 274 g/mol. The molecule has 0 saturated carbocycles. The lowest BCUT2D eigenvalue weighted by molar-refractivity contribution is 0.213. The molecule has 1 aromatic carbocycles. The number of hydrogen-bond acceptors (Lipinski definition) is 4. The van der Waals surface area contributed by atoms with Crippen LogP contribution in [0.4, 0.5) is 10.1 Å². The van der Waals surface area contributed by atoms with Crippen molar-refractivity contribution in [3.05, 3.63) is 24.0 Å². The minimum absolute atomic E-state index is 0.0139. The first-order chi connectivity index (χ1) is 8.46. The molecule has 0 amide bonds. The van der Waals surface area contributed by atoms with Crippen molar-refractivity contribution in [2.75, 3.05) is 18.9 Å². The highest BCUT2D eigenvalue weighted by atomic mass is 32.2. The molecule has 1 fully saturated rings. The van der Waals surface area contributed by atoms with Gasteiger partial charge in [-0.15, -0.1) is 0 Å². The number of nitrogens with two attached hydrogens (primary N) is 1. The van der Waals surface area contributed by atoms with Crippen LogP contribution in [0.15, 0.2) is 23.1 Å². The number of hydrogen-bond donors (Lipinski definition) is 2. The van der Waals surface area contributed by atoms with E-state index in [4.69, 9.17) is 10.8 Å². The number of nitrogen functional groups attached to an aromatic ring is 1. The molecule has 1 heterocycles.